The first-order chi connectivity index (χ1) is 30.4. The van der Waals surface area contributed by atoms with Crippen LogP contribution in [0, 0.1) is 0 Å². The second kappa shape index (κ2) is 18.7. The molecule has 4 aromatic rings. The van der Waals surface area contributed by atoms with Gasteiger partial charge in [0, 0.05) is 124 Å². The fourth-order valence-corrected chi connectivity index (χ4v) is 9.54. The highest BCUT2D eigenvalue weighted by atomic mass is 19.1. The third-order valence-electron chi connectivity index (χ3n) is 13.2. The summed E-state index contributed by atoms with van der Waals surface area (Å²) in [5.74, 6) is 0.559. The minimum atomic E-state index is -1.37. The predicted molar refractivity (Wildman–Crippen MR) is 242 cm³/mol. The van der Waals surface area contributed by atoms with Crippen LogP contribution in [0.5, 0.6) is 5.75 Å². The quantitative estimate of drug-likeness (QED) is 0.0825. The molecule has 1 atom stereocenters. The number of alkyl halides is 1. The number of urea groups is 1. The molecule has 1 aliphatic carbocycles. The van der Waals surface area contributed by atoms with Gasteiger partial charge in [-0.25, -0.2) is 9.18 Å². The number of piperidine rings is 2. The predicted octanol–water partition coefficient (Wildman–Crippen LogP) is 5.70. The van der Waals surface area contributed by atoms with E-state index in [1.54, 1.807) is 47.2 Å². The van der Waals surface area contributed by atoms with E-state index in [2.05, 4.69) is 33.1 Å². The molecule has 4 heterocycles. The number of hydrogen-bond donors (Lipinski definition) is 5. The zero-order valence-electron chi connectivity index (χ0n) is 36.1. The van der Waals surface area contributed by atoms with Crippen molar-refractivity contribution in [1.82, 2.24) is 24.6 Å². The molecule has 1 saturated carbocycles. The van der Waals surface area contributed by atoms with E-state index in [1.165, 1.54) is 5.56 Å². The first kappa shape index (κ1) is 43.6. The smallest absolute Gasteiger partial charge is 0.321 e. The standard InChI is InChI=1S/C48H60FN9O5/c1-53-47(62)57(19-4-25-59)36-13-14-41-38(27-36)39(32-7-8-32)29-58(41)35-15-20-54(21-16-35)31-48(49)17-22-55(23-18-48)46(61)34-11-9-33(10-12-34)44-30-56(24-26-63-44)42(45(51)52)28-40(50)37-5-2-3-6-43(37)60/h2-3,5-6,9-14,25,27-29,32,35,44,60H,4,7-8,15-24,26,30-31,50-52H2,1H3,(H,53,62)/b40-28-. The summed E-state index contributed by atoms with van der Waals surface area (Å²) < 4.78 is 25.0. The molecular weight excluding hydrogens is 802 g/mol. The van der Waals surface area contributed by atoms with Gasteiger partial charge >= 0.3 is 6.03 Å². The van der Waals surface area contributed by atoms with Crippen molar-refractivity contribution in [2.45, 2.75) is 68.7 Å². The Bertz CT molecular complexity index is 2360. The fourth-order valence-electron chi connectivity index (χ4n) is 9.54. The average molecular weight is 862 g/mol. The monoisotopic (exact) mass is 861 g/mol. The Morgan fingerprint density at radius 1 is 0.952 bits per heavy atom. The molecule has 3 aliphatic heterocycles. The molecule has 8 N–H and O–H groups in total. The number of aldehydes is 1. The number of nitrogens with one attached hydrogen (secondary N) is 1. The lowest BCUT2D eigenvalue weighted by Gasteiger charge is -2.41. The van der Waals surface area contributed by atoms with E-state index in [-0.39, 0.29) is 42.1 Å². The maximum Gasteiger partial charge on any atom is 0.321 e. The number of aromatic hydroxyl groups is 1. The molecule has 1 aromatic heterocycles. The number of hydrogen-bond acceptors (Lipinski definition) is 10. The van der Waals surface area contributed by atoms with E-state index < -0.39 is 5.67 Å². The van der Waals surface area contributed by atoms with Gasteiger partial charge in [0.2, 0.25) is 0 Å². The first-order valence-corrected chi connectivity index (χ1v) is 22.2. The molecule has 0 radical (unpaired) electrons. The van der Waals surface area contributed by atoms with Crippen molar-refractivity contribution in [3.05, 3.63) is 113 Å². The number of benzene rings is 3. The molecule has 63 heavy (non-hydrogen) atoms. The molecule has 0 spiro atoms. The number of phenols is 1. The fraction of sp³-hybridized carbons (Fsp3) is 0.438. The minimum Gasteiger partial charge on any atom is -0.507 e. The van der Waals surface area contributed by atoms with Crippen LogP contribution in [0.15, 0.2) is 90.5 Å². The summed E-state index contributed by atoms with van der Waals surface area (Å²) in [4.78, 5) is 45.1. The first-order valence-electron chi connectivity index (χ1n) is 22.2. The summed E-state index contributed by atoms with van der Waals surface area (Å²) >= 11 is 0. The maximum absolute atomic E-state index is 16.5. The number of likely N-dealkylation sites (tertiary alicyclic amines) is 2. The summed E-state index contributed by atoms with van der Waals surface area (Å²) in [5.41, 5.74) is 23.2. The van der Waals surface area contributed by atoms with Crippen molar-refractivity contribution in [3.8, 4) is 5.75 Å². The van der Waals surface area contributed by atoms with Crippen LogP contribution in [0.2, 0.25) is 0 Å². The van der Waals surface area contributed by atoms with E-state index in [0.717, 1.165) is 67.2 Å². The number of anilines is 1. The van der Waals surface area contributed by atoms with E-state index >= 15 is 4.39 Å². The number of nitrogens with zero attached hydrogens (tertiary/aromatic N) is 5. The number of amides is 3. The van der Waals surface area contributed by atoms with Crippen LogP contribution in [0.4, 0.5) is 14.9 Å². The third-order valence-corrected chi connectivity index (χ3v) is 13.2. The highest BCUT2D eigenvalue weighted by Gasteiger charge is 2.39. The van der Waals surface area contributed by atoms with Crippen LogP contribution in [0.1, 0.15) is 90.1 Å². The molecule has 0 bridgehead atoms. The maximum atomic E-state index is 16.5. The van der Waals surface area contributed by atoms with E-state index in [1.807, 2.05) is 35.2 Å². The van der Waals surface area contributed by atoms with Gasteiger partial charge in [0.05, 0.1) is 12.3 Å². The van der Waals surface area contributed by atoms with Crippen LogP contribution in [0.3, 0.4) is 0 Å². The molecule has 14 nitrogen and oxygen atoms in total. The van der Waals surface area contributed by atoms with Crippen LogP contribution in [-0.4, -0.2) is 114 Å². The van der Waals surface area contributed by atoms with Gasteiger partial charge in [-0.05, 0) is 91.3 Å². The Morgan fingerprint density at radius 2 is 1.68 bits per heavy atom. The Labute approximate surface area is 368 Å². The van der Waals surface area contributed by atoms with Crippen LogP contribution in [0.25, 0.3) is 16.6 Å². The number of halogens is 1. The Balaban J connectivity index is 0.841. The number of rotatable bonds is 13. The summed E-state index contributed by atoms with van der Waals surface area (Å²) in [6.45, 7) is 4.38. The third kappa shape index (κ3) is 9.64. The number of ether oxygens (including phenoxy) is 1. The number of aromatic nitrogens is 1. The number of nitrogens with two attached hydrogens (primary N) is 3. The number of morpholine rings is 1. The van der Waals surface area contributed by atoms with Crippen molar-refractivity contribution in [3.63, 3.8) is 0 Å². The number of allylic oxidation sites excluding steroid dienone is 1. The Morgan fingerprint density at radius 3 is 2.35 bits per heavy atom. The van der Waals surface area contributed by atoms with Crippen molar-refractivity contribution < 1.29 is 28.6 Å². The van der Waals surface area contributed by atoms with Gasteiger partial charge in [0.15, 0.2) is 0 Å². The molecule has 1 unspecified atom stereocenters. The Hall–Kier alpha value is -6.06. The molecule has 334 valence electrons. The second-order valence-electron chi connectivity index (χ2n) is 17.5. The van der Waals surface area contributed by atoms with Gasteiger partial charge in [0.25, 0.3) is 5.91 Å². The summed E-state index contributed by atoms with van der Waals surface area (Å²) in [6.07, 6.45) is 9.46. The zero-order chi connectivity index (χ0) is 44.3. The van der Waals surface area contributed by atoms with Crippen molar-refractivity contribution in [2.24, 2.45) is 17.2 Å². The lowest BCUT2D eigenvalue weighted by atomic mass is 9.91. The number of phenolic OH excluding ortho intramolecular Hbond substituents is 1. The molecule has 4 aliphatic rings. The molecule has 3 amide bonds. The van der Waals surface area contributed by atoms with Crippen LogP contribution >= 0.6 is 0 Å². The largest absolute Gasteiger partial charge is 0.507 e. The molecule has 4 fully saturated rings. The lowest BCUT2D eigenvalue weighted by molar-refractivity contribution is -0.107. The van der Waals surface area contributed by atoms with Crippen molar-refractivity contribution in [1.29, 1.82) is 0 Å². The molecule has 8 rings (SSSR count). The molecule has 3 saturated heterocycles. The van der Waals surface area contributed by atoms with E-state index in [0.29, 0.717) is 87.2 Å². The van der Waals surface area contributed by atoms with Crippen LogP contribution < -0.4 is 27.4 Å². The van der Waals surface area contributed by atoms with Gasteiger partial charge in [-0.2, -0.15) is 0 Å². The highest BCUT2D eigenvalue weighted by molar-refractivity contribution is 5.96. The van der Waals surface area contributed by atoms with Crippen LogP contribution in [-0.2, 0) is 9.53 Å². The van der Waals surface area contributed by atoms with E-state index in [9.17, 15) is 19.5 Å². The molecule has 3 aromatic carbocycles. The number of carbonyl (C=O) groups is 3. The highest BCUT2D eigenvalue weighted by Crippen LogP contribution is 2.46. The topological polar surface area (TPSA) is 189 Å². The lowest BCUT2D eigenvalue weighted by Crippen LogP contribution is -2.51. The summed E-state index contributed by atoms with van der Waals surface area (Å²) in [6, 6.07) is 20.4. The number of carbonyl (C=O) groups excluding carboxylic acids is 3. The summed E-state index contributed by atoms with van der Waals surface area (Å²) in [5, 5.41) is 14.1. The molecular formula is C48H60FN9O5. The van der Waals surface area contributed by atoms with Gasteiger partial charge in [-0.15, -0.1) is 0 Å². The summed E-state index contributed by atoms with van der Waals surface area (Å²) in [7, 11) is 1.60. The van der Waals surface area contributed by atoms with Gasteiger partial charge in [-0.3, -0.25) is 9.69 Å². The second-order valence-corrected chi connectivity index (χ2v) is 17.5. The van der Waals surface area contributed by atoms with Crippen molar-refractivity contribution >= 4 is 40.5 Å². The number of fused-ring (bicyclic) bond motifs is 1. The van der Waals surface area contributed by atoms with Gasteiger partial charge in [-0.1, -0.05) is 24.3 Å². The number of para-hydroxylation sites is 1. The van der Waals surface area contributed by atoms with Crippen molar-refractivity contribution in [2.75, 3.05) is 70.9 Å². The van der Waals surface area contributed by atoms with Gasteiger partial charge in [0.1, 0.15) is 29.6 Å². The Kier molecular flexibility index (Phi) is 13.0. The minimum absolute atomic E-state index is 0.0568. The normalized spacial score (nSPS) is 19.8. The SMILES string of the molecule is CNC(=O)N(CCC=O)c1ccc2c(c1)c(C1CC1)cn2C1CCN(CC2(F)CCN(C(=O)c3ccc(C4CN(C(/C=C(\N)c5ccccc5O)=C(N)N)CCO4)cc3)CC2)CC1. The molecule has 15 heteroatoms. The van der Waals surface area contributed by atoms with Gasteiger partial charge < -0.3 is 56.4 Å². The average Bonchev–Trinajstić information content (AvgIpc) is 4.08. The zero-order valence-corrected chi connectivity index (χ0v) is 36.1. The van der Waals surface area contributed by atoms with E-state index in [4.69, 9.17) is 21.9 Å².